The van der Waals surface area contributed by atoms with Crippen LogP contribution in [0.4, 0.5) is 0 Å². The molecule has 0 aromatic rings. The summed E-state index contributed by atoms with van der Waals surface area (Å²) in [5.41, 5.74) is 5.44. The van der Waals surface area contributed by atoms with E-state index in [2.05, 4.69) is 19.2 Å². The van der Waals surface area contributed by atoms with Gasteiger partial charge in [-0.1, -0.05) is 6.92 Å². The second kappa shape index (κ2) is 8.97. The first-order chi connectivity index (χ1) is 5.81. The van der Waals surface area contributed by atoms with Crippen molar-refractivity contribution in [3.8, 4) is 0 Å². The van der Waals surface area contributed by atoms with E-state index in [-0.39, 0.29) is 0 Å². The van der Waals surface area contributed by atoms with Crippen molar-refractivity contribution in [2.75, 3.05) is 26.3 Å². The van der Waals surface area contributed by atoms with Gasteiger partial charge in [-0.2, -0.15) is 0 Å². The molecule has 0 spiro atoms. The van der Waals surface area contributed by atoms with Crippen LogP contribution in [-0.2, 0) is 4.74 Å². The summed E-state index contributed by atoms with van der Waals surface area (Å²) in [4.78, 5) is 0. The van der Waals surface area contributed by atoms with Gasteiger partial charge in [0.05, 0.1) is 0 Å². The molecule has 0 aliphatic carbocycles. The molecule has 0 aromatic heterocycles. The lowest BCUT2D eigenvalue weighted by molar-refractivity contribution is 0.132. The molecule has 0 saturated carbocycles. The number of nitrogens with one attached hydrogen (secondary N) is 1. The van der Waals surface area contributed by atoms with Crippen LogP contribution in [0.5, 0.6) is 0 Å². The monoisotopic (exact) mass is 174 g/mol. The van der Waals surface area contributed by atoms with E-state index in [0.717, 1.165) is 32.6 Å². The molecule has 0 fully saturated rings. The van der Waals surface area contributed by atoms with Gasteiger partial charge < -0.3 is 15.8 Å². The minimum Gasteiger partial charge on any atom is -0.381 e. The van der Waals surface area contributed by atoms with Crippen LogP contribution in [0.25, 0.3) is 0 Å². The second-order valence-electron chi connectivity index (χ2n) is 3.06. The molecular weight excluding hydrogens is 152 g/mol. The molecular formula is C9H22N2O. The smallest absolute Gasteiger partial charge is 0.0478 e. The summed E-state index contributed by atoms with van der Waals surface area (Å²) in [7, 11) is 0. The van der Waals surface area contributed by atoms with Gasteiger partial charge in [-0.25, -0.2) is 0 Å². The van der Waals surface area contributed by atoms with E-state index in [1.807, 2.05) is 0 Å². The SMILES string of the molecule is CCCOCCCN[C@H](C)CN. The van der Waals surface area contributed by atoms with E-state index in [1.54, 1.807) is 0 Å². The van der Waals surface area contributed by atoms with Gasteiger partial charge in [0, 0.05) is 25.8 Å². The Labute approximate surface area is 75.7 Å². The van der Waals surface area contributed by atoms with Gasteiger partial charge >= 0.3 is 0 Å². The van der Waals surface area contributed by atoms with Crippen molar-refractivity contribution in [1.29, 1.82) is 0 Å². The third kappa shape index (κ3) is 7.98. The third-order valence-corrected chi connectivity index (χ3v) is 1.66. The maximum absolute atomic E-state index is 5.44. The van der Waals surface area contributed by atoms with Crippen LogP contribution < -0.4 is 11.1 Å². The van der Waals surface area contributed by atoms with Crippen LogP contribution in [0.3, 0.4) is 0 Å². The first kappa shape index (κ1) is 11.9. The molecule has 0 unspecified atom stereocenters. The van der Waals surface area contributed by atoms with Crippen molar-refractivity contribution in [2.45, 2.75) is 32.7 Å². The highest BCUT2D eigenvalue weighted by atomic mass is 16.5. The lowest BCUT2D eigenvalue weighted by Crippen LogP contribution is -2.34. The molecule has 12 heavy (non-hydrogen) atoms. The Balaban J connectivity index is 2.90. The summed E-state index contributed by atoms with van der Waals surface area (Å²) >= 11 is 0. The summed E-state index contributed by atoms with van der Waals surface area (Å²) in [6.45, 7) is 7.66. The Morgan fingerprint density at radius 1 is 1.42 bits per heavy atom. The van der Waals surface area contributed by atoms with Crippen LogP contribution in [0, 0.1) is 0 Å². The first-order valence-corrected chi connectivity index (χ1v) is 4.82. The highest BCUT2D eigenvalue weighted by molar-refractivity contribution is 4.59. The zero-order chi connectivity index (χ0) is 9.23. The fourth-order valence-electron chi connectivity index (χ4n) is 0.852. The lowest BCUT2D eigenvalue weighted by atomic mass is 10.3. The molecule has 3 heteroatoms. The van der Waals surface area contributed by atoms with Crippen molar-refractivity contribution in [3.05, 3.63) is 0 Å². The zero-order valence-electron chi connectivity index (χ0n) is 8.31. The number of rotatable bonds is 8. The molecule has 74 valence electrons. The Morgan fingerprint density at radius 3 is 2.75 bits per heavy atom. The molecule has 1 atom stereocenters. The fourth-order valence-corrected chi connectivity index (χ4v) is 0.852. The minimum absolute atomic E-state index is 0.427. The van der Waals surface area contributed by atoms with Gasteiger partial charge in [0.15, 0.2) is 0 Å². The Bertz CT molecular complexity index is 88.6. The van der Waals surface area contributed by atoms with Crippen molar-refractivity contribution in [3.63, 3.8) is 0 Å². The Morgan fingerprint density at radius 2 is 2.17 bits per heavy atom. The normalized spacial score (nSPS) is 13.2. The average molecular weight is 174 g/mol. The largest absolute Gasteiger partial charge is 0.381 e. The summed E-state index contributed by atoms with van der Waals surface area (Å²) in [6, 6.07) is 0.427. The summed E-state index contributed by atoms with van der Waals surface area (Å²) in [5, 5.41) is 3.30. The summed E-state index contributed by atoms with van der Waals surface area (Å²) in [6.07, 6.45) is 2.18. The molecule has 0 rings (SSSR count). The van der Waals surface area contributed by atoms with Crippen molar-refractivity contribution < 1.29 is 4.74 Å². The average Bonchev–Trinajstić information content (AvgIpc) is 2.10. The van der Waals surface area contributed by atoms with Crippen LogP contribution in [0.1, 0.15) is 26.7 Å². The quantitative estimate of drug-likeness (QED) is 0.534. The minimum atomic E-state index is 0.427. The molecule has 0 radical (unpaired) electrons. The molecule has 0 saturated heterocycles. The van der Waals surface area contributed by atoms with E-state index in [9.17, 15) is 0 Å². The Kier molecular flexibility index (Phi) is 8.88. The molecule has 0 bridgehead atoms. The standard InChI is InChI=1S/C9H22N2O/c1-3-6-12-7-4-5-11-9(2)8-10/h9,11H,3-8,10H2,1-2H3/t9-/m1/s1. The van der Waals surface area contributed by atoms with E-state index in [0.29, 0.717) is 12.6 Å². The number of hydrogen-bond acceptors (Lipinski definition) is 3. The van der Waals surface area contributed by atoms with Crippen molar-refractivity contribution in [1.82, 2.24) is 5.32 Å². The predicted octanol–water partition coefficient (Wildman–Crippen LogP) is 0.740. The van der Waals surface area contributed by atoms with Gasteiger partial charge in [-0.3, -0.25) is 0 Å². The lowest BCUT2D eigenvalue weighted by Gasteiger charge is -2.10. The molecule has 0 aliphatic rings. The molecule has 3 nitrogen and oxygen atoms in total. The van der Waals surface area contributed by atoms with Gasteiger partial charge in [0.1, 0.15) is 0 Å². The second-order valence-corrected chi connectivity index (χ2v) is 3.06. The van der Waals surface area contributed by atoms with E-state index >= 15 is 0 Å². The fraction of sp³-hybridized carbons (Fsp3) is 1.00. The van der Waals surface area contributed by atoms with E-state index in [1.165, 1.54) is 0 Å². The van der Waals surface area contributed by atoms with Gasteiger partial charge in [0.25, 0.3) is 0 Å². The molecule has 0 heterocycles. The van der Waals surface area contributed by atoms with Crippen molar-refractivity contribution in [2.24, 2.45) is 5.73 Å². The van der Waals surface area contributed by atoms with Gasteiger partial charge in [-0.05, 0) is 26.3 Å². The van der Waals surface area contributed by atoms with Gasteiger partial charge in [-0.15, -0.1) is 0 Å². The molecule has 3 N–H and O–H groups in total. The Hall–Kier alpha value is -0.120. The highest BCUT2D eigenvalue weighted by Crippen LogP contribution is 1.85. The van der Waals surface area contributed by atoms with Crippen LogP contribution >= 0.6 is 0 Å². The first-order valence-electron chi connectivity index (χ1n) is 4.82. The number of ether oxygens (including phenoxy) is 1. The molecule has 0 amide bonds. The third-order valence-electron chi connectivity index (χ3n) is 1.66. The van der Waals surface area contributed by atoms with E-state index in [4.69, 9.17) is 10.5 Å². The number of hydrogen-bond donors (Lipinski definition) is 2. The highest BCUT2D eigenvalue weighted by Gasteiger charge is 1.95. The molecule has 0 aliphatic heterocycles. The zero-order valence-corrected chi connectivity index (χ0v) is 8.31. The summed E-state index contributed by atoms with van der Waals surface area (Å²) < 4.78 is 5.33. The summed E-state index contributed by atoms with van der Waals surface area (Å²) in [5.74, 6) is 0. The maximum Gasteiger partial charge on any atom is 0.0478 e. The van der Waals surface area contributed by atoms with Crippen LogP contribution in [0.2, 0.25) is 0 Å². The molecule has 0 aromatic carbocycles. The predicted molar refractivity (Wildman–Crippen MR) is 52.2 cm³/mol. The van der Waals surface area contributed by atoms with E-state index < -0.39 is 0 Å². The van der Waals surface area contributed by atoms with Crippen molar-refractivity contribution >= 4 is 0 Å². The van der Waals surface area contributed by atoms with Gasteiger partial charge in [0.2, 0.25) is 0 Å². The topological polar surface area (TPSA) is 47.3 Å². The maximum atomic E-state index is 5.44. The van der Waals surface area contributed by atoms with Crippen LogP contribution in [-0.4, -0.2) is 32.3 Å². The number of nitrogens with two attached hydrogens (primary N) is 1. The van der Waals surface area contributed by atoms with Crippen LogP contribution in [0.15, 0.2) is 0 Å².